The summed E-state index contributed by atoms with van der Waals surface area (Å²) in [6, 6.07) is 24.0. The second-order valence-electron chi connectivity index (χ2n) is 8.77. The van der Waals surface area contributed by atoms with Crippen molar-refractivity contribution in [2.24, 2.45) is 0 Å². The van der Waals surface area contributed by atoms with E-state index in [1.165, 1.54) is 10.3 Å². The van der Waals surface area contributed by atoms with Gasteiger partial charge in [0, 0.05) is 37.9 Å². The third kappa shape index (κ3) is 6.26. The van der Waals surface area contributed by atoms with Gasteiger partial charge in [0.05, 0.1) is 16.8 Å². The van der Waals surface area contributed by atoms with E-state index < -0.39 is 0 Å². The molecule has 5 aromatic rings. The first-order chi connectivity index (χ1) is 18.4. The molecule has 194 valence electrons. The molecule has 0 radical (unpaired) electrons. The van der Waals surface area contributed by atoms with E-state index in [1.807, 2.05) is 25.1 Å². The molecule has 0 aliphatic carbocycles. The van der Waals surface area contributed by atoms with Crippen molar-refractivity contribution in [2.75, 3.05) is 11.9 Å². The molecular weight excluding hydrogens is 603 g/mol. The highest BCUT2D eigenvalue weighted by Gasteiger charge is 2.13. The summed E-state index contributed by atoms with van der Waals surface area (Å²) >= 11 is 17.7. The number of aromatic nitrogens is 1. The quantitative estimate of drug-likeness (QED) is 0.177. The fourth-order valence-corrected chi connectivity index (χ4v) is 5.97. The molecule has 38 heavy (non-hydrogen) atoms. The topological polar surface area (TPSA) is 43.4 Å². The first kappa shape index (κ1) is 26.8. The predicted octanol–water partition coefficient (Wildman–Crippen LogP) is 9.93. The van der Waals surface area contributed by atoms with E-state index in [1.54, 1.807) is 23.5 Å². The van der Waals surface area contributed by atoms with Crippen LogP contribution in [0.4, 0.5) is 5.69 Å². The Balaban J connectivity index is 1.27. The van der Waals surface area contributed by atoms with E-state index in [-0.39, 0.29) is 0 Å². The van der Waals surface area contributed by atoms with Gasteiger partial charge >= 0.3 is 0 Å². The lowest BCUT2D eigenvalue weighted by atomic mass is 10.1. The minimum Gasteiger partial charge on any atom is -0.490 e. The SMILES string of the molecule is CCOc1cc(CNc2ccc(-c3nc4ccc(C)cc4s3)cc2)c(Br)cc1OCc1ccc(Cl)cc1Cl. The number of nitrogens with zero attached hydrogens (tertiary/aromatic N) is 1. The second-order valence-corrected chi connectivity index (χ2v) is 11.5. The maximum Gasteiger partial charge on any atom is 0.162 e. The largest absolute Gasteiger partial charge is 0.490 e. The molecule has 0 bridgehead atoms. The number of anilines is 1. The van der Waals surface area contributed by atoms with E-state index in [0.717, 1.165) is 37.4 Å². The maximum absolute atomic E-state index is 6.31. The van der Waals surface area contributed by atoms with Crippen LogP contribution in [-0.2, 0) is 13.2 Å². The smallest absolute Gasteiger partial charge is 0.162 e. The van der Waals surface area contributed by atoms with Gasteiger partial charge in [-0.05, 0) is 85.6 Å². The Kier molecular flexibility index (Phi) is 8.44. The summed E-state index contributed by atoms with van der Waals surface area (Å²) in [6.45, 7) is 5.50. The molecule has 0 fully saturated rings. The maximum atomic E-state index is 6.31. The summed E-state index contributed by atoms with van der Waals surface area (Å²) in [5.74, 6) is 1.32. The molecule has 0 unspecified atom stereocenters. The number of rotatable bonds is 9. The van der Waals surface area contributed by atoms with Crippen LogP contribution in [0.5, 0.6) is 11.5 Å². The monoisotopic (exact) mass is 626 g/mol. The molecule has 0 amide bonds. The molecule has 1 N–H and O–H groups in total. The normalized spacial score (nSPS) is 11.1. The summed E-state index contributed by atoms with van der Waals surface area (Å²) < 4.78 is 14.1. The van der Waals surface area contributed by atoms with Crippen LogP contribution in [0.15, 0.2) is 77.3 Å². The number of benzene rings is 4. The van der Waals surface area contributed by atoms with Crippen molar-refractivity contribution in [3.8, 4) is 22.1 Å². The molecule has 0 atom stereocenters. The highest BCUT2D eigenvalue weighted by molar-refractivity contribution is 9.10. The average Bonchev–Trinajstić information content (AvgIpc) is 3.32. The van der Waals surface area contributed by atoms with E-state index in [4.69, 9.17) is 37.7 Å². The van der Waals surface area contributed by atoms with Crippen LogP contribution in [-0.4, -0.2) is 11.6 Å². The highest BCUT2D eigenvalue weighted by Crippen LogP contribution is 2.36. The number of hydrogen-bond acceptors (Lipinski definition) is 5. The number of ether oxygens (including phenoxy) is 2. The van der Waals surface area contributed by atoms with E-state index in [2.05, 4.69) is 70.6 Å². The van der Waals surface area contributed by atoms with Crippen LogP contribution >= 0.6 is 50.5 Å². The van der Waals surface area contributed by atoms with Gasteiger partial charge in [-0.2, -0.15) is 0 Å². The van der Waals surface area contributed by atoms with Gasteiger partial charge in [0.15, 0.2) is 11.5 Å². The van der Waals surface area contributed by atoms with E-state index >= 15 is 0 Å². The van der Waals surface area contributed by atoms with Gasteiger partial charge in [0.1, 0.15) is 11.6 Å². The van der Waals surface area contributed by atoms with Crippen molar-refractivity contribution in [1.82, 2.24) is 4.98 Å². The molecular formula is C30H25BrCl2N2O2S. The molecule has 0 aliphatic heterocycles. The standard InChI is InChI=1S/C30H25BrCl2N2O2S/c1-3-36-27-13-21(24(31)15-28(27)37-17-20-5-8-22(32)14-25(20)33)16-34-23-9-6-19(7-10-23)30-35-26-11-4-18(2)12-29(26)38-30/h4-15,34H,3,16-17H2,1-2H3. The first-order valence-corrected chi connectivity index (χ1v) is 14.5. The number of nitrogens with one attached hydrogen (secondary N) is 1. The summed E-state index contributed by atoms with van der Waals surface area (Å²) in [5, 5.41) is 5.69. The van der Waals surface area contributed by atoms with Crippen LogP contribution in [0.25, 0.3) is 20.8 Å². The fourth-order valence-electron chi connectivity index (χ4n) is 3.97. The minimum atomic E-state index is 0.306. The Bertz CT molecular complexity index is 1590. The molecule has 8 heteroatoms. The highest BCUT2D eigenvalue weighted by atomic mass is 79.9. The minimum absolute atomic E-state index is 0.306. The van der Waals surface area contributed by atoms with Crippen molar-refractivity contribution in [3.63, 3.8) is 0 Å². The molecule has 0 aliphatic rings. The first-order valence-electron chi connectivity index (χ1n) is 12.1. The molecule has 4 aromatic carbocycles. The third-order valence-corrected chi connectivity index (χ3v) is 8.36. The fraction of sp³-hybridized carbons (Fsp3) is 0.167. The van der Waals surface area contributed by atoms with Crippen molar-refractivity contribution in [3.05, 3.63) is 104 Å². The van der Waals surface area contributed by atoms with Crippen LogP contribution < -0.4 is 14.8 Å². The van der Waals surface area contributed by atoms with E-state index in [0.29, 0.717) is 41.3 Å². The zero-order valence-corrected chi connectivity index (χ0v) is 24.8. The lowest BCUT2D eigenvalue weighted by molar-refractivity contribution is 0.269. The van der Waals surface area contributed by atoms with Crippen LogP contribution in [0.3, 0.4) is 0 Å². The number of fused-ring (bicyclic) bond motifs is 1. The molecule has 1 heterocycles. The van der Waals surface area contributed by atoms with Crippen molar-refractivity contribution >= 4 is 66.4 Å². The number of aryl methyl sites for hydroxylation is 1. The molecule has 1 aromatic heterocycles. The Morgan fingerprint density at radius 3 is 2.45 bits per heavy atom. The average molecular weight is 628 g/mol. The lowest BCUT2D eigenvalue weighted by Gasteiger charge is -2.16. The second kappa shape index (κ2) is 12.0. The van der Waals surface area contributed by atoms with Gasteiger partial charge in [0.2, 0.25) is 0 Å². The summed E-state index contributed by atoms with van der Waals surface area (Å²) in [7, 11) is 0. The predicted molar refractivity (Wildman–Crippen MR) is 163 cm³/mol. The summed E-state index contributed by atoms with van der Waals surface area (Å²) in [6.07, 6.45) is 0. The van der Waals surface area contributed by atoms with Crippen molar-refractivity contribution in [1.29, 1.82) is 0 Å². The molecule has 0 saturated carbocycles. The zero-order valence-electron chi connectivity index (χ0n) is 20.9. The molecule has 0 spiro atoms. The van der Waals surface area contributed by atoms with E-state index in [9.17, 15) is 0 Å². The zero-order chi connectivity index (χ0) is 26.6. The lowest BCUT2D eigenvalue weighted by Crippen LogP contribution is -2.04. The van der Waals surface area contributed by atoms with Gasteiger partial charge in [-0.1, -0.05) is 51.3 Å². The van der Waals surface area contributed by atoms with Crippen LogP contribution in [0.1, 0.15) is 23.6 Å². The van der Waals surface area contributed by atoms with Gasteiger partial charge < -0.3 is 14.8 Å². The number of hydrogen-bond donors (Lipinski definition) is 1. The third-order valence-electron chi connectivity index (χ3n) is 5.97. The van der Waals surface area contributed by atoms with Gasteiger partial charge in [0.25, 0.3) is 0 Å². The number of thiazole rings is 1. The molecule has 0 saturated heterocycles. The Labute approximate surface area is 244 Å². The Hall–Kier alpha value is -2.77. The van der Waals surface area contributed by atoms with Gasteiger partial charge in [-0.3, -0.25) is 0 Å². The Morgan fingerprint density at radius 2 is 1.68 bits per heavy atom. The Morgan fingerprint density at radius 1 is 0.895 bits per heavy atom. The van der Waals surface area contributed by atoms with Gasteiger partial charge in [-0.25, -0.2) is 4.98 Å². The van der Waals surface area contributed by atoms with Crippen molar-refractivity contribution < 1.29 is 9.47 Å². The van der Waals surface area contributed by atoms with Crippen LogP contribution in [0.2, 0.25) is 10.0 Å². The van der Waals surface area contributed by atoms with Crippen LogP contribution in [0, 0.1) is 6.92 Å². The summed E-state index contributed by atoms with van der Waals surface area (Å²) in [5.41, 5.74) is 6.32. The number of halogens is 3. The molecule has 5 rings (SSSR count). The molecule has 4 nitrogen and oxygen atoms in total. The van der Waals surface area contributed by atoms with Crippen molar-refractivity contribution in [2.45, 2.75) is 27.0 Å². The summed E-state index contributed by atoms with van der Waals surface area (Å²) in [4.78, 5) is 4.79. The van der Waals surface area contributed by atoms with Gasteiger partial charge in [-0.15, -0.1) is 11.3 Å².